The van der Waals surface area contributed by atoms with Gasteiger partial charge in [0.05, 0.1) is 31.7 Å². The van der Waals surface area contributed by atoms with Gasteiger partial charge in [0, 0.05) is 64.5 Å². The molecule has 4 N–H and O–H groups in total. The molecule has 1 fully saturated rings. The van der Waals surface area contributed by atoms with Gasteiger partial charge in [0.15, 0.2) is 6.20 Å². The van der Waals surface area contributed by atoms with Crippen molar-refractivity contribution in [2.45, 2.75) is 6.54 Å². The summed E-state index contributed by atoms with van der Waals surface area (Å²) >= 11 is 0. The molecule has 14 nitrogen and oxygen atoms in total. The predicted octanol–water partition coefficient (Wildman–Crippen LogP) is -2.01. The molecule has 0 spiro atoms. The molecule has 0 saturated carbocycles. The Kier molecular flexibility index (Phi) is 10.8. The van der Waals surface area contributed by atoms with E-state index in [-0.39, 0.29) is 63.6 Å². The van der Waals surface area contributed by atoms with Crippen LogP contribution in [0.1, 0.15) is 16.1 Å². The van der Waals surface area contributed by atoms with E-state index >= 15 is 0 Å². The third-order valence-corrected chi connectivity index (χ3v) is 5.63. The molecule has 0 bridgehead atoms. The number of carboxylic acids is 4. The lowest BCUT2D eigenvalue weighted by Gasteiger charge is -2.32. The highest BCUT2D eigenvalue weighted by atomic mass is 16.5. The van der Waals surface area contributed by atoms with Gasteiger partial charge < -0.3 is 25.6 Å². The molecule has 0 amide bonds. The maximum Gasteiger partial charge on any atom is 0.336 e. The highest BCUT2D eigenvalue weighted by Gasteiger charge is 2.22. The first-order chi connectivity index (χ1) is 16.5. The number of aromatic carboxylic acids is 1. The van der Waals surface area contributed by atoms with Gasteiger partial charge in [-0.3, -0.25) is 34.0 Å². The van der Waals surface area contributed by atoms with Crippen LogP contribution in [0.2, 0.25) is 0 Å². The van der Waals surface area contributed by atoms with Crippen LogP contribution < -0.4 is 4.73 Å². The number of aliphatic carboxylic acids is 3. The van der Waals surface area contributed by atoms with Crippen LogP contribution in [-0.4, -0.2) is 136 Å². The van der Waals surface area contributed by atoms with Gasteiger partial charge in [0.2, 0.25) is 5.69 Å². The third-order valence-electron chi connectivity index (χ3n) is 5.63. The zero-order valence-electron chi connectivity index (χ0n) is 19.3. The first-order valence-corrected chi connectivity index (χ1v) is 11.0. The van der Waals surface area contributed by atoms with Crippen LogP contribution in [0.25, 0.3) is 0 Å². The standard InChI is InChI=1S/C21H31N5O9/c27-18(28)13-23-5-3-22(12-17-11-16(21(33)34)1-2-26(17)35)4-6-24(14-19(29)30)8-10-25(9-7-23)15-20(31)32/h1-2,11H,3-10,12-15H2,(H,27,28)(H,29,30)(H,31,32)(H,33,34). The van der Waals surface area contributed by atoms with Gasteiger partial charge in [-0.1, -0.05) is 0 Å². The van der Waals surface area contributed by atoms with E-state index in [1.54, 1.807) is 14.7 Å². The minimum absolute atomic E-state index is 0.0417. The summed E-state index contributed by atoms with van der Waals surface area (Å²) < 4.78 is 0.566. The van der Waals surface area contributed by atoms with Crippen molar-refractivity contribution in [1.82, 2.24) is 19.6 Å². The number of hydrogen-bond acceptors (Lipinski definition) is 9. The summed E-state index contributed by atoms with van der Waals surface area (Å²) in [5.41, 5.74) is 0.152. The zero-order valence-corrected chi connectivity index (χ0v) is 19.3. The molecule has 194 valence electrons. The molecular formula is C21H31N5O9. The normalized spacial score (nSPS) is 17.8. The zero-order chi connectivity index (χ0) is 26.0. The first-order valence-electron chi connectivity index (χ1n) is 11.0. The Labute approximate surface area is 201 Å². The Morgan fingerprint density at radius 3 is 1.43 bits per heavy atom. The van der Waals surface area contributed by atoms with Crippen molar-refractivity contribution in [1.29, 1.82) is 0 Å². The highest BCUT2D eigenvalue weighted by molar-refractivity contribution is 5.87. The Bertz CT molecular complexity index is 881. The molecule has 14 heteroatoms. The molecule has 1 saturated heterocycles. The quantitative estimate of drug-likeness (QED) is 0.217. The van der Waals surface area contributed by atoms with Crippen molar-refractivity contribution < 1.29 is 44.3 Å². The van der Waals surface area contributed by atoms with Crippen LogP contribution in [-0.2, 0) is 20.9 Å². The summed E-state index contributed by atoms with van der Waals surface area (Å²) in [6.45, 7) is 1.68. The van der Waals surface area contributed by atoms with Crippen LogP contribution in [0.5, 0.6) is 0 Å². The number of hydrogen-bond donors (Lipinski definition) is 4. The van der Waals surface area contributed by atoms with Crippen molar-refractivity contribution in [3.63, 3.8) is 0 Å². The molecule has 0 radical (unpaired) electrons. The second-order valence-corrected chi connectivity index (χ2v) is 8.32. The summed E-state index contributed by atoms with van der Waals surface area (Å²) in [6.07, 6.45) is 1.11. The van der Waals surface area contributed by atoms with E-state index in [2.05, 4.69) is 0 Å². The van der Waals surface area contributed by atoms with Crippen molar-refractivity contribution in [2.75, 3.05) is 72.0 Å². The van der Waals surface area contributed by atoms with Crippen LogP contribution in [0.3, 0.4) is 0 Å². The van der Waals surface area contributed by atoms with Crippen molar-refractivity contribution >= 4 is 23.9 Å². The van der Waals surface area contributed by atoms with Crippen LogP contribution in [0, 0.1) is 5.21 Å². The fourth-order valence-electron chi connectivity index (χ4n) is 3.80. The SMILES string of the molecule is O=C(O)CN1CCN(CC(=O)O)CCN(Cc2cc(C(=O)O)cc[n+]2[O-])CCN(CC(=O)O)CC1. The van der Waals surface area contributed by atoms with E-state index in [4.69, 9.17) is 0 Å². The van der Waals surface area contributed by atoms with E-state index in [0.717, 1.165) is 6.20 Å². The van der Waals surface area contributed by atoms with Gasteiger partial charge in [0.25, 0.3) is 0 Å². The number of carboxylic acid groups (broad SMARTS) is 4. The molecule has 35 heavy (non-hydrogen) atoms. The molecule has 1 aliphatic rings. The van der Waals surface area contributed by atoms with Crippen LogP contribution in [0.4, 0.5) is 0 Å². The second-order valence-electron chi connectivity index (χ2n) is 8.32. The average molecular weight is 498 g/mol. The molecule has 0 aromatic carbocycles. The lowest BCUT2D eigenvalue weighted by atomic mass is 10.2. The lowest BCUT2D eigenvalue weighted by molar-refractivity contribution is -0.615. The monoisotopic (exact) mass is 497 g/mol. The molecule has 1 aromatic heterocycles. The van der Waals surface area contributed by atoms with Crippen LogP contribution in [0.15, 0.2) is 18.3 Å². The molecule has 2 heterocycles. The van der Waals surface area contributed by atoms with E-state index < -0.39 is 23.9 Å². The minimum atomic E-state index is -1.17. The van der Waals surface area contributed by atoms with E-state index in [0.29, 0.717) is 30.9 Å². The van der Waals surface area contributed by atoms with Crippen LogP contribution >= 0.6 is 0 Å². The smallest absolute Gasteiger partial charge is 0.336 e. The molecule has 0 atom stereocenters. The molecule has 0 unspecified atom stereocenters. The van der Waals surface area contributed by atoms with Gasteiger partial charge >= 0.3 is 23.9 Å². The summed E-state index contributed by atoms with van der Waals surface area (Å²) in [6, 6.07) is 2.47. The van der Waals surface area contributed by atoms with Crippen molar-refractivity contribution in [2.24, 2.45) is 0 Å². The minimum Gasteiger partial charge on any atom is -0.618 e. The number of rotatable bonds is 9. The van der Waals surface area contributed by atoms with E-state index in [1.165, 1.54) is 12.1 Å². The summed E-state index contributed by atoms with van der Waals surface area (Å²) in [5, 5.41) is 49.3. The van der Waals surface area contributed by atoms with Gasteiger partial charge in [-0.25, -0.2) is 4.79 Å². The maximum absolute atomic E-state index is 12.3. The number of nitrogens with zero attached hydrogens (tertiary/aromatic N) is 5. The third kappa shape index (κ3) is 10.2. The maximum atomic E-state index is 12.3. The number of pyridine rings is 1. The highest BCUT2D eigenvalue weighted by Crippen LogP contribution is 2.07. The summed E-state index contributed by atoms with van der Waals surface area (Å²) in [7, 11) is 0. The summed E-state index contributed by atoms with van der Waals surface area (Å²) in [5.74, 6) is -4.28. The van der Waals surface area contributed by atoms with Crippen molar-refractivity contribution in [3.8, 4) is 0 Å². The predicted molar refractivity (Wildman–Crippen MR) is 120 cm³/mol. The van der Waals surface area contributed by atoms with Gasteiger partial charge in [0.1, 0.15) is 0 Å². The molecular weight excluding hydrogens is 466 g/mol. The number of aromatic nitrogens is 1. The molecule has 2 rings (SSSR count). The van der Waals surface area contributed by atoms with Gasteiger partial charge in [-0.15, -0.1) is 0 Å². The Balaban J connectivity index is 2.24. The fraction of sp³-hybridized carbons (Fsp3) is 0.571. The van der Waals surface area contributed by atoms with E-state index in [9.17, 15) is 44.8 Å². The average Bonchev–Trinajstić information content (AvgIpc) is 2.75. The Morgan fingerprint density at radius 2 is 1.09 bits per heavy atom. The first kappa shape index (κ1) is 27.9. The van der Waals surface area contributed by atoms with Gasteiger partial charge in [-0.05, 0) is 0 Å². The topological polar surface area (TPSA) is 189 Å². The molecule has 0 aliphatic carbocycles. The van der Waals surface area contributed by atoms with E-state index in [1.807, 2.05) is 4.90 Å². The van der Waals surface area contributed by atoms with Crippen molar-refractivity contribution in [3.05, 3.63) is 34.8 Å². The summed E-state index contributed by atoms with van der Waals surface area (Å²) in [4.78, 5) is 52.0. The van der Waals surface area contributed by atoms with Gasteiger partial charge in [-0.2, -0.15) is 4.73 Å². The Hall–Kier alpha value is -3.33. The lowest BCUT2D eigenvalue weighted by Crippen LogP contribution is -2.49. The molecule has 1 aromatic rings. The fourth-order valence-corrected chi connectivity index (χ4v) is 3.80. The second kappa shape index (κ2) is 13.5. The number of carbonyl (C=O) groups is 4. The molecule has 1 aliphatic heterocycles. The Morgan fingerprint density at radius 1 is 0.714 bits per heavy atom. The largest absolute Gasteiger partial charge is 0.618 e.